The van der Waals surface area contributed by atoms with Crippen molar-refractivity contribution in [1.82, 2.24) is 14.4 Å². The predicted molar refractivity (Wildman–Crippen MR) is 131 cm³/mol. The van der Waals surface area contributed by atoms with Crippen LogP contribution in [0.5, 0.6) is 0 Å². The number of thiophene rings is 1. The number of aromatic nitrogens is 2. The van der Waals surface area contributed by atoms with Crippen LogP contribution in [0.1, 0.15) is 62.4 Å². The molecule has 0 atom stereocenters. The summed E-state index contributed by atoms with van der Waals surface area (Å²) in [6, 6.07) is 9.43. The zero-order valence-corrected chi connectivity index (χ0v) is 21.5. The summed E-state index contributed by atoms with van der Waals surface area (Å²) in [7, 11) is -4.10. The minimum Gasteiger partial charge on any atom is -0.356 e. The van der Waals surface area contributed by atoms with Gasteiger partial charge in [0, 0.05) is 35.7 Å². The monoisotopic (exact) mass is 500 g/mol. The highest BCUT2D eigenvalue weighted by molar-refractivity contribution is 7.91. The standard InChI is InChI=1S/C24H28N4O4S2/c1-15(2)10-21-12-22(24(33-21)34(30,31)27-32-17(5)29)18-6-7-19(20(11-18)13-25)14-28-9-8-26-23(28)16(3)4/h6-9,11-12,15-16,27H,10,14H2,1-5H3. The average Bonchev–Trinajstić information content (AvgIpc) is 3.40. The van der Waals surface area contributed by atoms with Gasteiger partial charge < -0.3 is 9.40 Å². The molecule has 0 saturated heterocycles. The van der Waals surface area contributed by atoms with Gasteiger partial charge in [0.1, 0.15) is 10.0 Å². The van der Waals surface area contributed by atoms with E-state index in [0.717, 1.165) is 34.5 Å². The summed E-state index contributed by atoms with van der Waals surface area (Å²) >= 11 is 1.13. The Balaban J connectivity index is 2.04. The van der Waals surface area contributed by atoms with Crippen LogP contribution in [0.4, 0.5) is 0 Å². The van der Waals surface area contributed by atoms with Crippen LogP contribution in [0.15, 0.2) is 40.9 Å². The smallest absolute Gasteiger partial charge is 0.323 e. The second-order valence-corrected chi connectivity index (χ2v) is 11.7. The zero-order chi connectivity index (χ0) is 25.0. The molecule has 3 rings (SSSR count). The Bertz CT molecular complexity index is 1330. The molecule has 180 valence electrons. The van der Waals surface area contributed by atoms with Crippen molar-refractivity contribution in [1.29, 1.82) is 5.26 Å². The fourth-order valence-corrected chi connectivity index (χ4v) is 6.35. The Kier molecular flexibility index (Phi) is 7.92. The van der Waals surface area contributed by atoms with Gasteiger partial charge in [-0.25, -0.2) is 13.4 Å². The molecule has 0 saturated carbocycles. The normalized spacial score (nSPS) is 11.7. The van der Waals surface area contributed by atoms with Crippen LogP contribution in [-0.2, 0) is 32.6 Å². The van der Waals surface area contributed by atoms with Gasteiger partial charge in [-0.05, 0) is 40.5 Å². The van der Waals surface area contributed by atoms with Crippen molar-refractivity contribution >= 4 is 27.3 Å². The molecule has 3 aromatic rings. The number of carbonyl (C=O) groups is 1. The van der Waals surface area contributed by atoms with E-state index < -0.39 is 16.0 Å². The first-order chi connectivity index (χ1) is 16.0. The maximum Gasteiger partial charge on any atom is 0.323 e. The van der Waals surface area contributed by atoms with E-state index in [4.69, 9.17) is 0 Å². The van der Waals surface area contributed by atoms with Gasteiger partial charge in [-0.2, -0.15) is 5.26 Å². The fourth-order valence-electron chi connectivity index (χ4n) is 3.60. The molecular formula is C24H28N4O4S2. The molecule has 8 nitrogen and oxygen atoms in total. The highest BCUT2D eigenvalue weighted by atomic mass is 32.2. The quantitative estimate of drug-likeness (QED) is 0.429. The summed E-state index contributed by atoms with van der Waals surface area (Å²) in [4.78, 5) is 22.9. The van der Waals surface area contributed by atoms with Crippen molar-refractivity contribution in [2.45, 2.75) is 57.7 Å². The van der Waals surface area contributed by atoms with Gasteiger partial charge >= 0.3 is 5.97 Å². The van der Waals surface area contributed by atoms with E-state index >= 15 is 0 Å². The summed E-state index contributed by atoms with van der Waals surface area (Å²) in [5.74, 6) is 0.725. The van der Waals surface area contributed by atoms with E-state index in [1.54, 1.807) is 12.3 Å². The highest BCUT2D eigenvalue weighted by Crippen LogP contribution is 2.37. The number of nitrogens with one attached hydrogen (secondary N) is 1. The molecular weight excluding hydrogens is 472 g/mol. The third-order valence-electron chi connectivity index (χ3n) is 5.04. The van der Waals surface area contributed by atoms with Crippen molar-refractivity contribution in [3.63, 3.8) is 0 Å². The number of sulfonamides is 1. The number of nitriles is 1. The first-order valence-electron chi connectivity index (χ1n) is 10.9. The van der Waals surface area contributed by atoms with Gasteiger partial charge in [0.25, 0.3) is 10.0 Å². The van der Waals surface area contributed by atoms with Gasteiger partial charge in [0.2, 0.25) is 0 Å². The summed E-state index contributed by atoms with van der Waals surface area (Å²) in [5.41, 5.74) is 2.33. The molecule has 0 bridgehead atoms. The number of imidazole rings is 1. The predicted octanol–water partition coefficient (Wildman–Crippen LogP) is 4.61. The number of hydrogen-bond donors (Lipinski definition) is 1. The number of hydrogen-bond acceptors (Lipinski definition) is 7. The summed E-state index contributed by atoms with van der Waals surface area (Å²) in [5, 5.41) is 9.84. The van der Waals surface area contributed by atoms with E-state index in [-0.39, 0.29) is 10.1 Å². The van der Waals surface area contributed by atoms with Crippen LogP contribution in [-0.4, -0.2) is 23.9 Å². The minimum absolute atomic E-state index is 0.0396. The molecule has 0 aliphatic rings. The van der Waals surface area contributed by atoms with Crippen LogP contribution in [0, 0.1) is 17.2 Å². The molecule has 2 aromatic heterocycles. The van der Waals surface area contributed by atoms with E-state index in [1.165, 1.54) is 0 Å². The van der Waals surface area contributed by atoms with Crippen LogP contribution < -0.4 is 4.89 Å². The van der Waals surface area contributed by atoms with Crippen molar-refractivity contribution in [2.75, 3.05) is 0 Å². The molecule has 0 unspecified atom stereocenters. The van der Waals surface area contributed by atoms with E-state index in [9.17, 15) is 18.5 Å². The third-order valence-corrected chi connectivity index (χ3v) is 7.91. The number of benzene rings is 1. The lowest BCUT2D eigenvalue weighted by atomic mass is 10.00. The topological polar surface area (TPSA) is 114 Å². The number of nitrogens with zero attached hydrogens (tertiary/aromatic N) is 3. The molecule has 0 aliphatic carbocycles. The van der Waals surface area contributed by atoms with Crippen LogP contribution in [0.25, 0.3) is 11.1 Å². The Hall–Kier alpha value is -3.00. The van der Waals surface area contributed by atoms with Gasteiger partial charge in [0.15, 0.2) is 0 Å². The second kappa shape index (κ2) is 10.5. The summed E-state index contributed by atoms with van der Waals surface area (Å²) in [6.07, 6.45) is 4.32. The Morgan fingerprint density at radius 3 is 2.62 bits per heavy atom. The average molecular weight is 501 g/mol. The number of carbonyl (C=O) groups excluding carboxylic acids is 1. The van der Waals surface area contributed by atoms with Gasteiger partial charge in [-0.15, -0.1) is 11.3 Å². The highest BCUT2D eigenvalue weighted by Gasteiger charge is 2.25. The summed E-state index contributed by atoms with van der Waals surface area (Å²) < 4.78 is 27.9. The minimum atomic E-state index is -4.10. The van der Waals surface area contributed by atoms with E-state index in [0.29, 0.717) is 35.6 Å². The first-order valence-corrected chi connectivity index (χ1v) is 13.2. The molecule has 0 spiro atoms. The Labute approximate surface area is 204 Å². The van der Waals surface area contributed by atoms with Gasteiger partial charge in [0.05, 0.1) is 18.2 Å². The zero-order valence-electron chi connectivity index (χ0n) is 19.8. The van der Waals surface area contributed by atoms with E-state index in [2.05, 4.69) is 43.6 Å². The lowest BCUT2D eigenvalue weighted by Gasteiger charge is -2.13. The lowest BCUT2D eigenvalue weighted by molar-refractivity contribution is -0.144. The molecule has 0 aliphatic heterocycles. The molecule has 0 fully saturated rings. The third kappa shape index (κ3) is 5.91. The van der Waals surface area contributed by atoms with Crippen LogP contribution >= 0.6 is 11.3 Å². The van der Waals surface area contributed by atoms with E-state index in [1.807, 2.05) is 33.8 Å². The van der Waals surface area contributed by atoms with Crippen molar-refractivity contribution < 1.29 is 18.0 Å². The molecule has 1 aromatic carbocycles. The first kappa shape index (κ1) is 25.6. The van der Waals surface area contributed by atoms with Crippen molar-refractivity contribution in [3.8, 4) is 17.2 Å². The molecule has 0 amide bonds. The maximum absolute atomic E-state index is 12.9. The van der Waals surface area contributed by atoms with Gasteiger partial charge in [-0.1, -0.05) is 39.8 Å². The van der Waals surface area contributed by atoms with Crippen LogP contribution in [0.2, 0.25) is 0 Å². The number of rotatable bonds is 9. The molecule has 10 heteroatoms. The van der Waals surface area contributed by atoms with Crippen molar-refractivity contribution in [2.24, 2.45) is 5.92 Å². The fraction of sp³-hybridized carbons (Fsp3) is 0.375. The lowest BCUT2D eigenvalue weighted by Crippen LogP contribution is -2.25. The largest absolute Gasteiger partial charge is 0.356 e. The van der Waals surface area contributed by atoms with Crippen molar-refractivity contribution in [3.05, 3.63) is 58.5 Å². The van der Waals surface area contributed by atoms with Gasteiger partial charge in [-0.3, -0.25) is 4.79 Å². The molecule has 2 heterocycles. The SMILES string of the molecule is CC(=O)ONS(=O)(=O)c1sc(CC(C)C)cc1-c1ccc(Cn2ccnc2C(C)C)c(C#N)c1. The van der Waals surface area contributed by atoms with Crippen LogP contribution in [0.3, 0.4) is 0 Å². The molecule has 1 N–H and O–H groups in total. The summed E-state index contributed by atoms with van der Waals surface area (Å²) in [6.45, 7) is 9.82. The Morgan fingerprint density at radius 2 is 2.00 bits per heavy atom. The second-order valence-electron chi connectivity index (χ2n) is 8.74. The maximum atomic E-state index is 12.9. The molecule has 0 radical (unpaired) electrons. The molecule has 34 heavy (non-hydrogen) atoms. The Morgan fingerprint density at radius 1 is 1.26 bits per heavy atom.